The Labute approximate surface area is 210 Å². The molecule has 0 radical (unpaired) electrons. The molecule has 0 bridgehead atoms. The second-order valence-electron chi connectivity index (χ2n) is 10.1. The van der Waals surface area contributed by atoms with E-state index in [-0.39, 0.29) is 0 Å². The molecule has 0 aliphatic carbocycles. The van der Waals surface area contributed by atoms with Crippen molar-refractivity contribution in [2.75, 3.05) is 13.1 Å². The van der Waals surface area contributed by atoms with Crippen LogP contribution in [0, 0.1) is 0 Å². The third-order valence-corrected chi connectivity index (χ3v) is 7.80. The third-order valence-electron chi connectivity index (χ3n) is 7.80. The van der Waals surface area contributed by atoms with E-state index in [0.29, 0.717) is 12.1 Å². The number of imidazole rings is 2. The molecule has 0 saturated carbocycles. The van der Waals surface area contributed by atoms with Crippen LogP contribution in [-0.4, -0.2) is 37.6 Å². The zero-order valence-corrected chi connectivity index (χ0v) is 20.5. The molecule has 7 rings (SSSR count). The van der Waals surface area contributed by atoms with Gasteiger partial charge < -0.3 is 25.2 Å². The van der Waals surface area contributed by atoms with E-state index in [9.17, 15) is 0 Å². The molecule has 7 nitrogen and oxygen atoms in total. The van der Waals surface area contributed by atoms with Crippen LogP contribution in [0.3, 0.4) is 0 Å². The number of benzene rings is 2. The fourth-order valence-corrected chi connectivity index (χ4v) is 5.86. The maximum atomic E-state index is 4.70. The van der Waals surface area contributed by atoms with E-state index in [1.165, 1.54) is 40.4 Å². The minimum Gasteiger partial charge on any atom is -0.350 e. The average molecular weight is 478 g/mol. The Kier molecular flexibility index (Phi) is 5.26. The van der Waals surface area contributed by atoms with Crippen LogP contribution >= 0.6 is 0 Å². The predicted molar refractivity (Wildman–Crippen MR) is 143 cm³/mol. The summed E-state index contributed by atoms with van der Waals surface area (Å²) in [5.74, 6) is 2.08. The highest BCUT2D eigenvalue weighted by atomic mass is 15.0. The van der Waals surface area contributed by atoms with Crippen molar-refractivity contribution in [2.45, 2.75) is 37.8 Å². The molecular weight excluding hydrogens is 446 g/mol. The molecule has 2 fully saturated rings. The predicted octanol–water partition coefficient (Wildman–Crippen LogP) is 5.47. The number of aryl methyl sites for hydroxylation is 1. The van der Waals surface area contributed by atoms with Crippen molar-refractivity contribution in [1.82, 2.24) is 35.1 Å². The lowest BCUT2D eigenvalue weighted by molar-refractivity contribution is 0.613. The fraction of sp³-hybridized carbons (Fsp3) is 0.310. The SMILES string of the molecule is Cn1ccc2c(-c3ccc(-c4cnc(C5CCCN5)[nH]4)cc3)ccc(-c3cnc(C4CCCN4)[nH]3)c21. The van der Waals surface area contributed by atoms with Crippen LogP contribution < -0.4 is 10.6 Å². The van der Waals surface area contributed by atoms with Gasteiger partial charge in [0.05, 0.1) is 41.4 Å². The van der Waals surface area contributed by atoms with Gasteiger partial charge in [-0.3, -0.25) is 0 Å². The van der Waals surface area contributed by atoms with Crippen molar-refractivity contribution in [3.8, 4) is 33.6 Å². The van der Waals surface area contributed by atoms with E-state index >= 15 is 0 Å². The second kappa shape index (κ2) is 8.76. The molecule has 2 aromatic carbocycles. The van der Waals surface area contributed by atoms with Gasteiger partial charge in [-0.15, -0.1) is 0 Å². The maximum absolute atomic E-state index is 4.70. The summed E-state index contributed by atoms with van der Waals surface area (Å²) in [5, 5.41) is 8.29. The van der Waals surface area contributed by atoms with E-state index in [2.05, 4.69) is 85.9 Å². The van der Waals surface area contributed by atoms with E-state index in [4.69, 9.17) is 4.98 Å². The van der Waals surface area contributed by atoms with Crippen LogP contribution in [0.15, 0.2) is 61.1 Å². The molecule has 5 aromatic rings. The van der Waals surface area contributed by atoms with Gasteiger partial charge in [-0.25, -0.2) is 9.97 Å². The van der Waals surface area contributed by atoms with Crippen LogP contribution in [0.25, 0.3) is 44.5 Å². The fourth-order valence-electron chi connectivity index (χ4n) is 5.86. The molecule has 3 aromatic heterocycles. The van der Waals surface area contributed by atoms with E-state index < -0.39 is 0 Å². The number of aromatic amines is 2. The summed E-state index contributed by atoms with van der Waals surface area (Å²) in [5.41, 5.74) is 8.13. The van der Waals surface area contributed by atoms with Crippen LogP contribution in [0.5, 0.6) is 0 Å². The molecule has 2 saturated heterocycles. The van der Waals surface area contributed by atoms with Crippen molar-refractivity contribution in [3.63, 3.8) is 0 Å². The number of fused-ring (bicyclic) bond motifs is 1. The zero-order valence-electron chi connectivity index (χ0n) is 20.5. The third kappa shape index (κ3) is 3.67. The van der Waals surface area contributed by atoms with E-state index in [1.54, 1.807) is 0 Å². The smallest absolute Gasteiger partial charge is 0.123 e. The Balaban J connectivity index is 1.21. The standard InChI is InChI=1S/C29H31N7/c1-36-15-12-21-20(10-11-22(27(21)36)26-17-33-29(35-26)24-5-3-14-31-24)18-6-8-19(9-7-18)25-16-32-28(34-25)23-4-2-13-30-23/h6-12,15-17,23-24,30-31H,2-5,13-14H2,1H3,(H,32,34)(H,33,35). The minimum atomic E-state index is 0.334. The van der Waals surface area contributed by atoms with Crippen LogP contribution in [0.2, 0.25) is 0 Å². The topological polar surface area (TPSA) is 86.3 Å². The first kappa shape index (κ1) is 21.6. The number of aromatic nitrogens is 5. The molecule has 36 heavy (non-hydrogen) atoms. The summed E-state index contributed by atoms with van der Waals surface area (Å²) in [6, 6.07) is 16.2. The molecule has 2 aliphatic heterocycles. The highest BCUT2D eigenvalue weighted by Crippen LogP contribution is 2.37. The largest absolute Gasteiger partial charge is 0.350 e. The zero-order chi connectivity index (χ0) is 24.1. The number of hydrogen-bond acceptors (Lipinski definition) is 4. The molecular formula is C29H31N7. The normalized spacial score (nSPS) is 20.0. The van der Waals surface area contributed by atoms with Crippen LogP contribution in [-0.2, 0) is 7.05 Å². The summed E-state index contributed by atoms with van der Waals surface area (Å²) in [6.45, 7) is 2.14. The number of H-pyrrole nitrogens is 2. The Bertz CT molecular complexity index is 1510. The molecule has 7 heteroatoms. The Hall–Kier alpha value is -3.68. The second-order valence-corrected chi connectivity index (χ2v) is 10.1. The lowest BCUT2D eigenvalue weighted by Crippen LogP contribution is -2.14. The number of hydrogen-bond donors (Lipinski definition) is 4. The van der Waals surface area contributed by atoms with Gasteiger partial charge in [0, 0.05) is 24.2 Å². The highest BCUT2D eigenvalue weighted by Gasteiger charge is 2.21. The Morgan fingerprint density at radius 2 is 1.33 bits per heavy atom. The highest BCUT2D eigenvalue weighted by molar-refractivity contribution is 6.03. The molecule has 2 atom stereocenters. The van der Waals surface area contributed by atoms with Gasteiger partial charge in [-0.1, -0.05) is 36.4 Å². The molecule has 2 aliphatic rings. The van der Waals surface area contributed by atoms with Crippen molar-refractivity contribution in [1.29, 1.82) is 0 Å². The summed E-state index contributed by atoms with van der Waals surface area (Å²) in [4.78, 5) is 16.4. The molecule has 2 unspecified atom stereocenters. The first-order valence-corrected chi connectivity index (χ1v) is 13.0. The van der Waals surface area contributed by atoms with Gasteiger partial charge in [-0.05, 0) is 61.5 Å². The van der Waals surface area contributed by atoms with Gasteiger partial charge in [0.1, 0.15) is 11.6 Å². The number of rotatable bonds is 5. The van der Waals surface area contributed by atoms with Crippen molar-refractivity contribution < 1.29 is 0 Å². The lowest BCUT2D eigenvalue weighted by Gasteiger charge is -2.11. The van der Waals surface area contributed by atoms with Crippen molar-refractivity contribution in [3.05, 3.63) is 72.7 Å². The van der Waals surface area contributed by atoms with Crippen molar-refractivity contribution >= 4 is 10.9 Å². The van der Waals surface area contributed by atoms with Gasteiger partial charge in [0.15, 0.2) is 0 Å². The van der Waals surface area contributed by atoms with Gasteiger partial charge >= 0.3 is 0 Å². The van der Waals surface area contributed by atoms with Crippen LogP contribution in [0.4, 0.5) is 0 Å². The summed E-state index contributed by atoms with van der Waals surface area (Å²) < 4.78 is 2.21. The summed E-state index contributed by atoms with van der Waals surface area (Å²) in [7, 11) is 2.11. The minimum absolute atomic E-state index is 0.334. The summed E-state index contributed by atoms with van der Waals surface area (Å²) >= 11 is 0. The molecule has 182 valence electrons. The van der Waals surface area contributed by atoms with E-state index in [0.717, 1.165) is 54.5 Å². The Morgan fingerprint density at radius 3 is 2.00 bits per heavy atom. The maximum Gasteiger partial charge on any atom is 0.123 e. The quantitative estimate of drug-likeness (QED) is 0.270. The Morgan fingerprint density at radius 1 is 0.722 bits per heavy atom. The van der Waals surface area contributed by atoms with Gasteiger partial charge in [-0.2, -0.15) is 0 Å². The average Bonchev–Trinajstić information content (AvgIpc) is 3.74. The number of nitrogens with one attached hydrogen (secondary N) is 4. The van der Waals surface area contributed by atoms with Gasteiger partial charge in [0.25, 0.3) is 0 Å². The molecule has 5 heterocycles. The lowest BCUT2D eigenvalue weighted by atomic mass is 9.97. The molecule has 0 amide bonds. The van der Waals surface area contributed by atoms with Crippen LogP contribution in [0.1, 0.15) is 49.4 Å². The van der Waals surface area contributed by atoms with E-state index in [1.807, 2.05) is 12.4 Å². The molecule has 0 spiro atoms. The summed E-state index contributed by atoms with van der Waals surface area (Å²) in [6.07, 6.45) is 10.8. The van der Waals surface area contributed by atoms with Gasteiger partial charge in [0.2, 0.25) is 0 Å². The monoisotopic (exact) mass is 477 g/mol. The number of nitrogens with zero attached hydrogens (tertiary/aromatic N) is 3. The first-order chi connectivity index (χ1) is 17.7. The van der Waals surface area contributed by atoms with Crippen molar-refractivity contribution in [2.24, 2.45) is 7.05 Å². The molecule has 4 N–H and O–H groups in total. The first-order valence-electron chi connectivity index (χ1n) is 13.0.